The molecule has 0 bridgehead atoms. The van der Waals surface area contributed by atoms with Crippen molar-refractivity contribution in [3.8, 4) is 0 Å². The van der Waals surface area contributed by atoms with Gasteiger partial charge in [-0.2, -0.15) is 0 Å². The lowest BCUT2D eigenvalue weighted by atomic mass is 9.97. The first kappa shape index (κ1) is 56.0. The number of primary amides is 1. The lowest BCUT2D eigenvalue weighted by molar-refractivity contribution is -0.132. The zero-order valence-corrected chi connectivity index (χ0v) is 40.0. The first-order valence-electron chi connectivity index (χ1n) is 22.2. The molecule has 0 saturated heterocycles. The highest BCUT2D eigenvalue weighted by molar-refractivity contribution is 7.54. The van der Waals surface area contributed by atoms with Gasteiger partial charge in [-0.15, -0.1) is 0 Å². The van der Waals surface area contributed by atoms with Crippen molar-refractivity contribution in [1.29, 1.82) is 0 Å². The van der Waals surface area contributed by atoms with Crippen LogP contribution in [0, 0.1) is 11.8 Å². The van der Waals surface area contributed by atoms with Crippen molar-refractivity contribution in [2.75, 3.05) is 51.4 Å². The molecule has 0 aliphatic heterocycles. The molecule has 2 rings (SSSR count). The molecule has 19 nitrogen and oxygen atoms in total. The molecule has 364 valence electrons. The van der Waals surface area contributed by atoms with Crippen LogP contribution in [0.2, 0.25) is 0 Å². The number of alkyl carbamates (subject to hydrolysis) is 1. The highest BCUT2D eigenvalue weighted by Gasteiger charge is 2.36. The zero-order chi connectivity index (χ0) is 47.9. The molecule has 0 spiro atoms. The molecule has 0 radical (unpaired) electrons. The SMILES string of the molecule is CC(C)[C@H](NC(=O)CCCCC(=O)C1CCC(OC(C)(C)C)C1)C(=O)N[C@@H](CCCNC(N)=O)C(=O)Nc1ccc(COC(=O)NCCOCCOCCOP(=O)(O)C(C)(C)C)cc1. The van der Waals surface area contributed by atoms with Crippen molar-refractivity contribution in [1.82, 2.24) is 21.3 Å². The monoisotopic (exact) mass is 927 g/mol. The van der Waals surface area contributed by atoms with Gasteiger partial charge in [0, 0.05) is 37.5 Å². The van der Waals surface area contributed by atoms with Crippen LogP contribution in [0.1, 0.15) is 119 Å². The second kappa shape index (κ2) is 28.0. The van der Waals surface area contributed by atoms with E-state index in [1.54, 1.807) is 58.9 Å². The van der Waals surface area contributed by atoms with Crippen LogP contribution in [-0.2, 0) is 53.8 Å². The molecule has 1 aliphatic rings. The standard InChI is InChI=1S/C44H75N6O13P/c1-30(2)38(50-37(52)14-10-9-13-36(51)32-17-20-34(28-32)63-43(3,4)5)40(54)49-35(12-11-21-46-41(45)55)39(53)48-33-18-15-31(16-19-33)29-61-42(56)47-22-23-59-24-25-60-26-27-62-64(57,58)44(6,7)8/h15-16,18-19,30,32,34-35,38H,9-14,17,20-29H2,1-8H3,(H,47,56)(H,48,53)(H,49,54)(H,50,52)(H,57,58)(H3,45,46,55)/t32?,34?,35-,38-/m0/s1. The molecule has 0 heterocycles. The highest BCUT2D eigenvalue weighted by Crippen LogP contribution is 2.54. The molecule has 64 heavy (non-hydrogen) atoms. The van der Waals surface area contributed by atoms with E-state index in [0.717, 1.165) is 19.3 Å². The summed E-state index contributed by atoms with van der Waals surface area (Å²) in [4.78, 5) is 86.1. The van der Waals surface area contributed by atoms with Gasteiger partial charge in [-0.1, -0.05) is 26.0 Å². The largest absolute Gasteiger partial charge is 0.445 e. The van der Waals surface area contributed by atoms with E-state index in [-0.39, 0.29) is 101 Å². The van der Waals surface area contributed by atoms with Crippen LogP contribution in [0.15, 0.2) is 24.3 Å². The Morgan fingerprint density at radius 3 is 2.08 bits per heavy atom. The number of ether oxygens (including phenoxy) is 4. The molecule has 1 aromatic rings. The Morgan fingerprint density at radius 2 is 1.45 bits per heavy atom. The lowest BCUT2D eigenvalue weighted by Crippen LogP contribution is -2.54. The third-order valence-corrected chi connectivity index (χ3v) is 12.4. The second-order valence-corrected chi connectivity index (χ2v) is 20.9. The second-order valence-electron chi connectivity index (χ2n) is 18.3. The lowest BCUT2D eigenvalue weighted by Gasteiger charge is -2.25. The van der Waals surface area contributed by atoms with Gasteiger partial charge in [0.2, 0.25) is 17.7 Å². The highest BCUT2D eigenvalue weighted by atomic mass is 31.2. The van der Waals surface area contributed by atoms with E-state index < -0.39 is 48.8 Å². The van der Waals surface area contributed by atoms with E-state index >= 15 is 0 Å². The van der Waals surface area contributed by atoms with E-state index in [2.05, 4.69) is 26.6 Å². The average Bonchev–Trinajstić information content (AvgIpc) is 3.66. The van der Waals surface area contributed by atoms with Crippen molar-refractivity contribution in [3.63, 3.8) is 0 Å². The Kier molecular flexibility index (Phi) is 24.5. The number of unbranched alkanes of at least 4 members (excludes halogenated alkanes) is 1. The summed E-state index contributed by atoms with van der Waals surface area (Å²) in [6.45, 7) is 15.5. The minimum Gasteiger partial charge on any atom is -0.445 e. The fourth-order valence-corrected chi connectivity index (χ4v) is 7.24. The Morgan fingerprint density at radius 1 is 0.812 bits per heavy atom. The van der Waals surface area contributed by atoms with Crippen molar-refractivity contribution in [3.05, 3.63) is 29.8 Å². The number of rotatable bonds is 29. The number of urea groups is 1. The first-order chi connectivity index (χ1) is 30.0. The fraction of sp³-hybridized carbons (Fsp3) is 0.727. The fourth-order valence-electron chi connectivity index (χ4n) is 6.53. The molecular formula is C44H75N6O13P. The molecule has 8 N–H and O–H groups in total. The third kappa shape index (κ3) is 23.2. The predicted octanol–water partition coefficient (Wildman–Crippen LogP) is 5.07. The predicted molar refractivity (Wildman–Crippen MR) is 241 cm³/mol. The minimum atomic E-state index is -3.74. The molecule has 1 saturated carbocycles. The average molecular weight is 927 g/mol. The summed E-state index contributed by atoms with van der Waals surface area (Å²) in [5, 5.41) is 12.5. The Labute approximate surface area is 378 Å². The van der Waals surface area contributed by atoms with Crippen molar-refractivity contribution in [2.45, 2.75) is 149 Å². The number of benzene rings is 1. The number of nitrogens with one attached hydrogen (secondary N) is 5. The van der Waals surface area contributed by atoms with Crippen LogP contribution in [-0.4, -0.2) is 116 Å². The van der Waals surface area contributed by atoms with Crippen LogP contribution >= 0.6 is 7.60 Å². The number of nitrogens with two attached hydrogens (primary N) is 1. The molecule has 1 fully saturated rings. The minimum absolute atomic E-state index is 0.0183. The Hall–Kier alpha value is -4.13. The summed E-state index contributed by atoms with van der Waals surface area (Å²) in [5.74, 6) is -1.53. The van der Waals surface area contributed by atoms with Gasteiger partial charge in [-0.3, -0.25) is 23.7 Å². The number of amides is 6. The molecule has 5 atom stereocenters. The van der Waals surface area contributed by atoms with Crippen LogP contribution in [0.4, 0.5) is 15.3 Å². The molecule has 20 heteroatoms. The smallest absolute Gasteiger partial charge is 0.407 e. The normalized spacial score (nSPS) is 17.2. The maximum absolute atomic E-state index is 13.6. The summed E-state index contributed by atoms with van der Waals surface area (Å²) >= 11 is 0. The zero-order valence-electron chi connectivity index (χ0n) is 39.1. The summed E-state index contributed by atoms with van der Waals surface area (Å²) in [6.07, 6.45) is 3.87. The summed E-state index contributed by atoms with van der Waals surface area (Å²) in [5.41, 5.74) is 5.99. The molecule has 1 aliphatic carbocycles. The molecule has 3 unspecified atom stereocenters. The van der Waals surface area contributed by atoms with Crippen LogP contribution in [0.25, 0.3) is 0 Å². The Balaban J connectivity index is 1.79. The maximum Gasteiger partial charge on any atom is 0.407 e. The summed E-state index contributed by atoms with van der Waals surface area (Å²) in [7, 11) is -3.74. The van der Waals surface area contributed by atoms with E-state index in [4.69, 9.17) is 29.2 Å². The quantitative estimate of drug-likeness (QED) is 0.0409. The van der Waals surface area contributed by atoms with Gasteiger partial charge in [0.15, 0.2) is 0 Å². The van der Waals surface area contributed by atoms with Gasteiger partial charge < -0.3 is 60.7 Å². The van der Waals surface area contributed by atoms with Gasteiger partial charge in [0.1, 0.15) is 24.5 Å². The number of anilines is 1. The van der Waals surface area contributed by atoms with E-state index in [1.807, 2.05) is 20.8 Å². The van der Waals surface area contributed by atoms with Crippen molar-refractivity contribution in [2.24, 2.45) is 17.6 Å². The van der Waals surface area contributed by atoms with Crippen LogP contribution in [0.3, 0.4) is 0 Å². The van der Waals surface area contributed by atoms with Crippen LogP contribution < -0.4 is 32.3 Å². The van der Waals surface area contributed by atoms with Crippen molar-refractivity contribution < 1.29 is 61.7 Å². The number of carbonyl (C=O) groups is 6. The van der Waals surface area contributed by atoms with Gasteiger partial charge >= 0.3 is 19.7 Å². The number of ketones is 1. The Bertz CT molecular complexity index is 1680. The van der Waals surface area contributed by atoms with Gasteiger partial charge in [-0.05, 0) is 110 Å². The van der Waals surface area contributed by atoms with Gasteiger partial charge in [-0.25, -0.2) is 9.59 Å². The van der Waals surface area contributed by atoms with E-state index in [1.165, 1.54) is 0 Å². The van der Waals surface area contributed by atoms with Gasteiger partial charge in [0.25, 0.3) is 0 Å². The third-order valence-electron chi connectivity index (χ3n) is 10.1. The van der Waals surface area contributed by atoms with Gasteiger partial charge in [0.05, 0.1) is 49.9 Å². The number of hydrogen-bond acceptors (Lipinski definition) is 12. The summed E-state index contributed by atoms with van der Waals surface area (Å²) < 4.78 is 39.1. The molecule has 6 amide bonds. The molecule has 1 aromatic carbocycles. The topological polar surface area (TPSA) is 272 Å². The van der Waals surface area contributed by atoms with Crippen LogP contribution in [0.5, 0.6) is 0 Å². The first-order valence-corrected chi connectivity index (χ1v) is 23.8. The molecule has 0 aromatic heterocycles. The maximum atomic E-state index is 13.6. The number of Topliss-reactive ketones (excluding diaryl/α,β-unsaturated/α-hetero) is 1. The summed E-state index contributed by atoms with van der Waals surface area (Å²) in [6, 6.07) is 3.89. The number of hydrogen-bond donors (Lipinski definition) is 7. The van der Waals surface area contributed by atoms with E-state index in [0.29, 0.717) is 36.9 Å². The molecular weight excluding hydrogens is 851 g/mol. The number of carbonyl (C=O) groups excluding carboxylic acids is 6. The van der Waals surface area contributed by atoms with Crippen molar-refractivity contribution >= 4 is 48.9 Å². The van der Waals surface area contributed by atoms with E-state index in [9.17, 15) is 38.2 Å².